The van der Waals surface area contributed by atoms with Crippen molar-refractivity contribution in [1.29, 1.82) is 5.26 Å². The third-order valence-electron chi connectivity index (χ3n) is 4.71. The van der Waals surface area contributed by atoms with Gasteiger partial charge in [-0.2, -0.15) is 9.57 Å². The Morgan fingerprint density at radius 1 is 0.897 bits per heavy atom. The van der Waals surface area contributed by atoms with Crippen LogP contribution in [0.25, 0.3) is 11.3 Å². The Bertz CT molecular complexity index is 1140. The van der Waals surface area contributed by atoms with E-state index in [4.69, 9.17) is 5.26 Å². The van der Waals surface area contributed by atoms with E-state index in [0.717, 1.165) is 5.56 Å². The van der Waals surface area contributed by atoms with Crippen molar-refractivity contribution in [2.75, 3.05) is 31.1 Å². The fourth-order valence-electron chi connectivity index (χ4n) is 3.15. The largest absolute Gasteiger partial charge is 0.338 e. The number of rotatable bonds is 4. The van der Waals surface area contributed by atoms with E-state index in [9.17, 15) is 8.42 Å². The van der Waals surface area contributed by atoms with Gasteiger partial charge in [0, 0.05) is 44.1 Å². The van der Waals surface area contributed by atoms with Crippen LogP contribution in [0.3, 0.4) is 0 Å². The summed E-state index contributed by atoms with van der Waals surface area (Å²) in [7, 11) is -3.71. The summed E-state index contributed by atoms with van der Waals surface area (Å²) in [4.78, 5) is 14.8. The molecule has 1 aliphatic heterocycles. The molecule has 0 aliphatic carbocycles. The van der Waals surface area contributed by atoms with Crippen LogP contribution in [-0.2, 0) is 10.0 Å². The van der Waals surface area contributed by atoms with Crippen LogP contribution in [0.1, 0.15) is 5.56 Å². The number of nitrogens with zero attached hydrogens (tertiary/aromatic N) is 6. The molecule has 0 radical (unpaired) electrons. The second-order valence-electron chi connectivity index (χ2n) is 6.49. The average molecular weight is 406 g/mol. The van der Waals surface area contributed by atoms with Crippen LogP contribution in [0.2, 0.25) is 0 Å². The zero-order valence-electron chi connectivity index (χ0n) is 15.5. The van der Waals surface area contributed by atoms with Gasteiger partial charge in [0.15, 0.2) is 5.03 Å². The van der Waals surface area contributed by atoms with Crippen LogP contribution in [0, 0.1) is 11.3 Å². The number of hydrogen-bond donors (Lipinski definition) is 0. The van der Waals surface area contributed by atoms with E-state index in [1.807, 2.05) is 4.90 Å². The Kier molecular flexibility index (Phi) is 5.20. The maximum atomic E-state index is 13.1. The van der Waals surface area contributed by atoms with Gasteiger partial charge < -0.3 is 4.90 Å². The molecule has 0 amide bonds. The number of sulfonamides is 1. The van der Waals surface area contributed by atoms with Crippen molar-refractivity contribution in [3.05, 3.63) is 66.5 Å². The van der Waals surface area contributed by atoms with Gasteiger partial charge in [0.05, 0.1) is 17.3 Å². The second kappa shape index (κ2) is 7.95. The van der Waals surface area contributed by atoms with Crippen LogP contribution in [0.15, 0.2) is 66.0 Å². The maximum absolute atomic E-state index is 13.1. The molecule has 9 heteroatoms. The van der Waals surface area contributed by atoms with Crippen molar-refractivity contribution >= 4 is 16.0 Å². The van der Waals surface area contributed by atoms with Gasteiger partial charge >= 0.3 is 0 Å². The third-order valence-corrected chi connectivity index (χ3v) is 6.51. The molecule has 0 atom stereocenters. The number of aromatic nitrogens is 3. The lowest BCUT2D eigenvalue weighted by atomic mass is 10.1. The highest BCUT2D eigenvalue weighted by Gasteiger charge is 2.30. The molecule has 4 rings (SSSR count). The van der Waals surface area contributed by atoms with Gasteiger partial charge in [-0.3, -0.25) is 0 Å². The van der Waals surface area contributed by atoms with Crippen molar-refractivity contribution in [3.63, 3.8) is 0 Å². The maximum Gasteiger partial charge on any atom is 0.260 e. The number of pyridine rings is 1. The summed E-state index contributed by atoms with van der Waals surface area (Å²) in [6.45, 7) is 1.70. The lowest BCUT2D eigenvalue weighted by molar-refractivity contribution is 0.381. The first-order valence-corrected chi connectivity index (χ1v) is 10.5. The Morgan fingerprint density at radius 2 is 1.59 bits per heavy atom. The molecule has 0 spiro atoms. The molecule has 1 fully saturated rings. The van der Waals surface area contributed by atoms with Crippen molar-refractivity contribution in [3.8, 4) is 17.3 Å². The molecule has 1 aliphatic rings. The Balaban J connectivity index is 1.53. The molecule has 1 aromatic carbocycles. The molecule has 146 valence electrons. The highest BCUT2D eigenvalue weighted by atomic mass is 32.2. The summed E-state index contributed by atoms with van der Waals surface area (Å²) in [5, 5.41) is 8.94. The summed E-state index contributed by atoms with van der Waals surface area (Å²) >= 11 is 0. The summed E-state index contributed by atoms with van der Waals surface area (Å²) < 4.78 is 27.6. The van der Waals surface area contributed by atoms with Gasteiger partial charge in [-0.1, -0.05) is 18.2 Å². The molecule has 0 N–H and O–H groups in total. The van der Waals surface area contributed by atoms with Crippen LogP contribution in [-0.4, -0.2) is 53.9 Å². The zero-order chi connectivity index (χ0) is 20.3. The Labute approximate surface area is 169 Å². The van der Waals surface area contributed by atoms with Crippen LogP contribution >= 0.6 is 0 Å². The fraction of sp³-hybridized carbons (Fsp3) is 0.200. The molecule has 8 nitrogen and oxygen atoms in total. The van der Waals surface area contributed by atoms with Crippen molar-refractivity contribution in [2.24, 2.45) is 0 Å². The third kappa shape index (κ3) is 3.94. The first-order chi connectivity index (χ1) is 14.1. The molecule has 0 unspecified atom stereocenters. The zero-order valence-corrected chi connectivity index (χ0v) is 16.3. The molecule has 0 bridgehead atoms. The van der Waals surface area contributed by atoms with Crippen molar-refractivity contribution in [2.45, 2.75) is 5.03 Å². The molecule has 0 saturated carbocycles. The second-order valence-corrected chi connectivity index (χ2v) is 8.37. The van der Waals surface area contributed by atoms with E-state index in [-0.39, 0.29) is 5.03 Å². The van der Waals surface area contributed by atoms with E-state index in [2.05, 4.69) is 21.0 Å². The van der Waals surface area contributed by atoms with Crippen LogP contribution < -0.4 is 4.90 Å². The van der Waals surface area contributed by atoms with Crippen molar-refractivity contribution < 1.29 is 8.42 Å². The number of nitriles is 1. The van der Waals surface area contributed by atoms with Crippen LogP contribution in [0.4, 0.5) is 5.95 Å². The molecular weight excluding hydrogens is 388 g/mol. The van der Waals surface area contributed by atoms with E-state index < -0.39 is 10.0 Å². The van der Waals surface area contributed by atoms with E-state index in [1.165, 1.54) is 10.4 Å². The SMILES string of the molecule is N#Cc1ccc(-c2cccc(S(=O)(=O)N3CCN(c4ncccn4)CC3)n2)cc1. The summed E-state index contributed by atoms with van der Waals surface area (Å²) in [6.07, 6.45) is 3.34. The number of anilines is 1. The number of hydrogen-bond acceptors (Lipinski definition) is 7. The lowest BCUT2D eigenvalue weighted by Crippen LogP contribution is -2.49. The standard InChI is InChI=1S/C20H18N6O2S/c21-15-16-5-7-17(8-6-16)18-3-1-4-19(24-18)29(27,28)26-13-11-25(12-14-26)20-22-9-2-10-23-20/h1-10H,11-14H2. The minimum Gasteiger partial charge on any atom is -0.338 e. The summed E-state index contributed by atoms with van der Waals surface area (Å²) in [5.74, 6) is 0.602. The minimum absolute atomic E-state index is 0.0174. The molecule has 3 aromatic rings. The van der Waals surface area contributed by atoms with Gasteiger partial charge in [0.25, 0.3) is 10.0 Å². The molecular formula is C20H18N6O2S. The van der Waals surface area contributed by atoms with E-state index in [1.54, 1.807) is 54.9 Å². The predicted molar refractivity (Wildman–Crippen MR) is 107 cm³/mol. The Morgan fingerprint density at radius 3 is 2.24 bits per heavy atom. The predicted octanol–water partition coefficient (Wildman–Crippen LogP) is 1.92. The van der Waals surface area contributed by atoms with Gasteiger partial charge in [0.1, 0.15) is 0 Å². The highest BCUT2D eigenvalue weighted by molar-refractivity contribution is 7.89. The smallest absolute Gasteiger partial charge is 0.260 e. The number of piperazine rings is 1. The molecule has 1 saturated heterocycles. The Hall–Kier alpha value is -3.35. The molecule has 3 heterocycles. The van der Waals surface area contributed by atoms with E-state index >= 15 is 0 Å². The minimum atomic E-state index is -3.71. The molecule has 2 aromatic heterocycles. The van der Waals surface area contributed by atoms with Crippen LogP contribution in [0.5, 0.6) is 0 Å². The fourth-order valence-corrected chi connectivity index (χ4v) is 4.52. The normalized spacial score (nSPS) is 15.1. The van der Waals surface area contributed by atoms with E-state index in [0.29, 0.717) is 43.4 Å². The van der Waals surface area contributed by atoms with Gasteiger partial charge in [-0.25, -0.2) is 23.4 Å². The quantitative estimate of drug-likeness (QED) is 0.652. The lowest BCUT2D eigenvalue weighted by Gasteiger charge is -2.33. The monoisotopic (exact) mass is 406 g/mol. The topological polar surface area (TPSA) is 103 Å². The molecule has 29 heavy (non-hydrogen) atoms. The summed E-state index contributed by atoms with van der Waals surface area (Å²) in [5.41, 5.74) is 1.84. The highest BCUT2D eigenvalue weighted by Crippen LogP contribution is 2.22. The van der Waals surface area contributed by atoms with Gasteiger partial charge in [-0.05, 0) is 30.3 Å². The number of benzene rings is 1. The average Bonchev–Trinajstić information content (AvgIpc) is 2.80. The van der Waals surface area contributed by atoms with Gasteiger partial charge in [-0.15, -0.1) is 0 Å². The van der Waals surface area contributed by atoms with Gasteiger partial charge in [0.2, 0.25) is 5.95 Å². The first kappa shape index (κ1) is 19.0. The van der Waals surface area contributed by atoms with Crippen molar-refractivity contribution in [1.82, 2.24) is 19.3 Å². The first-order valence-electron chi connectivity index (χ1n) is 9.08. The summed E-state index contributed by atoms with van der Waals surface area (Å²) in [6, 6.07) is 15.6.